The van der Waals surface area contributed by atoms with Gasteiger partial charge in [0.2, 0.25) is 0 Å². The maximum Gasteiger partial charge on any atom is 0.251 e. The van der Waals surface area contributed by atoms with Crippen molar-refractivity contribution < 1.29 is 4.79 Å². The summed E-state index contributed by atoms with van der Waals surface area (Å²) in [5, 5.41) is 3.32. The molecule has 1 aromatic heterocycles. The number of carbonyl (C=O) groups is 1. The highest BCUT2D eigenvalue weighted by Gasteiger charge is 2.41. The van der Waals surface area contributed by atoms with E-state index in [1.165, 1.54) is 13.0 Å². The fourth-order valence-electron chi connectivity index (χ4n) is 4.41. The van der Waals surface area contributed by atoms with Gasteiger partial charge < -0.3 is 10.2 Å². The van der Waals surface area contributed by atoms with E-state index in [9.17, 15) is 4.79 Å². The smallest absolute Gasteiger partial charge is 0.251 e. The molecule has 2 aliphatic rings. The summed E-state index contributed by atoms with van der Waals surface area (Å²) in [6.45, 7) is 3.27. The van der Waals surface area contributed by atoms with Crippen LogP contribution in [0.15, 0.2) is 54.9 Å². The molecule has 2 aliphatic heterocycles. The monoisotopic (exact) mass is 346 g/mol. The first kappa shape index (κ1) is 15.6. The van der Waals surface area contributed by atoms with Crippen molar-refractivity contribution in [3.8, 4) is 5.69 Å². The third kappa shape index (κ3) is 2.59. The molecule has 5 rings (SSSR count). The fourth-order valence-corrected chi connectivity index (χ4v) is 4.41. The molecule has 26 heavy (non-hydrogen) atoms. The van der Waals surface area contributed by atoms with Crippen LogP contribution in [0, 0.1) is 0 Å². The molecule has 1 amide bonds. The van der Waals surface area contributed by atoms with Crippen LogP contribution in [-0.2, 0) is 0 Å². The number of hydrogen-bond donors (Lipinski definition) is 1. The first-order valence-electron chi connectivity index (χ1n) is 9.30. The Morgan fingerprint density at radius 2 is 1.88 bits per heavy atom. The zero-order chi connectivity index (χ0) is 17.6. The van der Waals surface area contributed by atoms with Crippen molar-refractivity contribution in [3.63, 3.8) is 0 Å². The number of benzene rings is 2. The van der Waals surface area contributed by atoms with Gasteiger partial charge in [0, 0.05) is 24.3 Å². The van der Waals surface area contributed by atoms with E-state index in [1.54, 1.807) is 0 Å². The Labute approximate surface area is 152 Å². The van der Waals surface area contributed by atoms with E-state index in [4.69, 9.17) is 0 Å². The van der Waals surface area contributed by atoms with Gasteiger partial charge in [-0.25, -0.2) is 4.98 Å². The summed E-state index contributed by atoms with van der Waals surface area (Å²) in [5.41, 5.74) is 3.75. The molecule has 2 unspecified atom stereocenters. The zero-order valence-corrected chi connectivity index (χ0v) is 14.7. The molecule has 5 nitrogen and oxygen atoms in total. The topological polar surface area (TPSA) is 50.2 Å². The summed E-state index contributed by atoms with van der Waals surface area (Å²) < 4.78 is 2.05. The number of hydrogen-bond acceptors (Lipinski definition) is 3. The number of piperidine rings is 1. The Hall–Kier alpha value is -2.66. The summed E-state index contributed by atoms with van der Waals surface area (Å²) in [7, 11) is 0. The van der Waals surface area contributed by atoms with Crippen LogP contribution in [0.4, 0.5) is 0 Å². The van der Waals surface area contributed by atoms with Crippen molar-refractivity contribution in [1.82, 2.24) is 19.8 Å². The Morgan fingerprint density at radius 1 is 1.04 bits per heavy atom. The molecule has 2 bridgehead atoms. The minimum Gasteiger partial charge on any atom is -0.345 e. The molecule has 132 valence electrons. The predicted octanol–water partition coefficient (Wildman–Crippen LogP) is 2.99. The van der Waals surface area contributed by atoms with E-state index in [-0.39, 0.29) is 11.4 Å². The fraction of sp³-hybridized carbons (Fsp3) is 0.333. The van der Waals surface area contributed by atoms with Gasteiger partial charge in [-0.15, -0.1) is 0 Å². The van der Waals surface area contributed by atoms with E-state index in [1.807, 2.05) is 53.4 Å². The van der Waals surface area contributed by atoms with E-state index >= 15 is 0 Å². The van der Waals surface area contributed by atoms with Crippen LogP contribution in [0.2, 0.25) is 0 Å². The lowest BCUT2D eigenvalue weighted by molar-refractivity contribution is 0.0877. The van der Waals surface area contributed by atoms with Crippen molar-refractivity contribution in [2.75, 3.05) is 19.6 Å². The summed E-state index contributed by atoms with van der Waals surface area (Å²) in [6, 6.07) is 15.8. The molecule has 1 N–H and O–H groups in total. The number of para-hydroxylation sites is 2. The van der Waals surface area contributed by atoms with Gasteiger partial charge in [-0.3, -0.25) is 9.36 Å². The number of imidazole rings is 1. The highest BCUT2D eigenvalue weighted by atomic mass is 16.1. The number of amides is 1. The van der Waals surface area contributed by atoms with E-state index in [0.29, 0.717) is 0 Å². The van der Waals surface area contributed by atoms with E-state index in [2.05, 4.69) is 21.3 Å². The summed E-state index contributed by atoms with van der Waals surface area (Å²) in [4.78, 5) is 19.6. The maximum absolute atomic E-state index is 12.8. The number of fused-ring (bicyclic) bond motifs is 3. The van der Waals surface area contributed by atoms with Crippen molar-refractivity contribution in [2.24, 2.45) is 0 Å². The SMILES string of the molecule is O=C(NC12CCCN(CC1)C2)c1ccc(-n2cnc3ccccc32)cc1. The standard InChI is InChI=1S/C21H22N4O/c26-20(23-21-10-3-12-24(14-21)13-11-21)16-6-8-17(9-7-16)25-15-22-18-4-1-2-5-19(18)25/h1-2,4-9,15H,3,10-14H2,(H,23,26). The van der Waals surface area contributed by atoms with Gasteiger partial charge in [0.05, 0.1) is 16.6 Å². The lowest BCUT2D eigenvalue weighted by atomic mass is 9.90. The maximum atomic E-state index is 12.8. The Morgan fingerprint density at radius 3 is 2.77 bits per heavy atom. The van der Waals surface area contributed by atoms with Crippen LogP contribution in [0.5, 0.6) is 0 Å². The van der Waals surface area contributed by atoms with Crippen LogP contribution < -0.4 is 5.32 Å². The molecular formula is C21H22N4O. The Kier molecular flexibility index (Phi) is 3.57. The molecule has 0 aliphatic carbocycles. The number of aromatic nitrogens is 2. The average Bonchev–Trinajstić information content (AvgIpc) is 3.22. The highest BCUT2D eigenvalue weighted by molar-refractivity contribution is 5.95. The summed E-state index contributed by atoms with van der Waals surface area (Å²) >= 11 is 0. The molecule has 2 fully saturated rings. The van der Waals surface area contributed by atoms with E-state index < -0.39 is 0 Å². The van der Waals surface area contributed by atoms with Crippen LogP contribution >= 0.6 is 0 Å². The number of nitrogens with one attached hydrogen (secondary N) is 1. The van der Waals surface area contributed by atoms with Gasteiger partial charge >= 0.3 is 0 Å². The van der Waals surface area contributed by atoms with Crippen LogP contribution in [0.25, 0.3) is 16.7 Å². The second-order valence-corrected chi connectivity index (χ2v) is 7.51. The first-order chi connectivity index (χ1) is 12.7. The lowest BCUT2D eigenvalue weighted by Gasteiger charge is -2.34. The van der Waals surface area contributed by atoms with Crippen LogP contribution in [0.1, 0.15) is 29.6 Å². The molecular weight excluding hydrogens is 324 g/mol. The molecule has 0 spiro atoms. The third-order valence-corrected chi connectivity index (χ3v) is 5.80. The van der Waals surface area contributed by atoms with E-state index in [0.717, 1.165) is 48.2 Å². The third-order valence-electron chi connectivity index (χ3n) is 5.80. The first-order valence-corrected chi connectivity index (χ1v) is 9.30. The molecule has 2 aromatic carbocycles. The zero-order valence-electron chi connectivity index (χ0n) is 14.7. The molecule has 3 aromatic rings. The van der Waals surface area contributed by atoms with Crippen molar-refractivity contribution in [1.29, 1.82) is 0 Å². The van der Waals surface area contributed by atoms with Gasteiger partial charge in [-0.1, -0.05) is 12.1 Å². The predicted molar refractivity (Wildman–Crippen MR) is 102 cm³/mol. The molecule has 2 atom stereocenters. The molecule has 0 radical (unpaired) electrons. The molecule has 2 saturated heterocycles. The molecule has 0 saturated carbocycles. The van der Waals surface area contributed by atoms with Crippen LogP contribution in [0.3, 0.4) is 0 Å². The van der Waals surface area contributed by atoms with Crippen molar-refractivity contribution >= 4 is 16.9 Å². The van der Waals surface area contributed by atoms with Gasteiger partial charge in [0.1, 0.15) is 6.33 Å². The quantitative estimate of drug-likeness (QED) is 0.793. The molecule has 5 heteroatoms. The van der Waals surface area contributed by atoms with Gasteiger partial charge in [0.15, 0.2) is 0 Å². The average molecular weight is 346 g/mol. The summed E-state index contributed by atoms with van der Waals surface area (Å²) in [6.07, 6.45) is 5.16. The van der Waals surface area contributed by atoms with Crippen molar-refractivity contribution in [3.05, 3.63) is 60.4 Å². The summed E-state index contributed by atoms with van der Waals surface area (Å²) in [5.74, 6) is 0.0378. The minimum absolute atomic E-state index is 0.0193. The second kappa shape index (κ2) is 5.95. The highest BCUT2D eigenvalue weighted by Crippen LogP contribution is 2.31. The normalized spacial score (nSPS) is 24.7. The van der Waals surface area contributed by atoms with Crippen LogP contribution in [-0.4, -0.2) is 45.5 Å². The number of carbonyl (C=O) groups excluding carboxylic acids is 1. The molecule has 3 heterocycles. The second-order valence-electron chi connectivity index (χ2n) is 7.51. The van der Waals surface area contributed by atoms with Gasteiger partial charge in [-0.2, -0.15) is 0 Å². The lowest BCUT2D eigenvalue weighted by Crippen LogP contribution is -2.52. The number of nitrogens with zero attached hydrogens (tertiary/aromatic N) is 3. The number of rotatable bonds is 3. The Bertz CT molecular complexity index is 958. The Balaban J connectivity index is 1.37. The van der Waals surface area contributed by atoms with Crippen molar-refractivity contribution in [2.45, 2.75) is 24.8 Å². The minimum atomic E-state index is -0.0193. The largest absolute Gasteiger partial charge is 0.345 e. The van der Waals surface area contributed by atoms with Gasteiger partial charge in [-0.05, 0) is 62.2 Å². The van der Waals surface area contributed by atoms with Gasteiger partial charge in [0.25, 0.3) is 5.91 Å².